The van der Waals surface area contributed by atoms with Crippen LogP contribution in [-0.4, -0.2) is 14.2 Å². The maximum Gasteiger partial charge on any atom is 0.127 e. The van der Waals surface area contributed by atoms with Crippen molar-refractivity contribution in [3.63, 3.8) is 0 Å². The lowest BCUT2D eigenvalue weighted by Crippen LogP contribution is -2.39. The predicted molar refractivity (Wildman–Crippen MR) is 87.2 cm³/mol. The second-order valence-electron chi connectivity index (χ2n) is 7.22. The molecular formula is C18H29NO2. The van der Waals surface area contributed by atoms with Gasteiger partial charge in [0.15, 0.2) is 0 Å². The van der Waals surface area contributed by atoms with E-state index in [2.05, 4.69) is 32.9 Å². The molecule has 2 N–H and O–H groups in total. The lowest BCUT2D eigenvalue weighted by atomic mass is 9.74. The average molecular weight is 291 g/mol. The molecule has 0 saturated heterocycles. The molecule has 21 heavy (non-hydrogen) atoms. The summed E-state index contributed by atoms with van der Waals surface area (Å²) in [4.78, 5) is 0. The number of benzene rings is 1. The van der Waals surface area contributed by atoms with E-state index in [1.165, 1.54) is 19.3 Å². The molecule has 0 unspecified atom stereocenters. The molecular weight excluding hydrogens is 262 g/mol. The van der Waals surface area contributed by atoms with Crippen molar-refractivity contribution in [1.82, 2.24) is 0 Å². The molecule has 0 radical (unpaired) electrons. The van der Waals surface area contributed by atoms with Crippen LogP contribution in [0.3, 0.4) is 0 Å². The number of ether oxygens (including phenoxy) is 2. The zero-order valence-corrected chi connectivity index (χ0v) is 14.1. The highest BCUT2D eigenvalue weighted by atomic mass is 16.5. The van der Waals surface area contributed by atoms with Gasteiger partial charge in [-0.3, -0.25) is 0 Å². The van der Waals surface area contributed by atoms with Crippen LogP contribution in [0.15, 0.2) is 12.1 Å². The van der Waals surface area contributed by atoms with Crippen molar-refractivity contribution in [3.8, 4) is 11.5 Å². The van der Waals surface area contributed by atoms with E-state index >= 15 is 0 Å². The van der Waals surface area contributed by atoms with Crippen LogP contribution in [0.4, 0.5) is 0 Å². The quantitative estimate of drug-likeness (QED) is 0.911. The fourth-order valence-corrected chi connectivity index (χ4v) is 3.32. The highest BCUT2D eigenvalue weighted by Crippen LogP contribution is 2.45. The second-order valence-corrected chi connectivity index (χ2v) is 7.22. The molecule has 1 aromatic rings. The van der Waals surface area contributed by atoms with Crippen LogP contribution in [0.1, 0.15) is 64.0 Å². The van der Waals surface area contributed by atoms with Crippen molar-refractivity contribution in [2.45, 2.75) is 63.8 Å². The van der Waals surface area contributed by atoms with Gasteiger partial charge < -0.3 is 15.2 Å². The molecule has 0 amide bonds. The van der Waals surface area contributed by atoms with Gasteiger partial charge in [0, 0.05) is 16.7 Å². The van der Waals surface area contributed by atoms with E-state index < -0.39 is 0 Å². The Morgan fingerprint density at radius 2 is 1.62 bits per heavy atom. The van der Waals surface area contributed by atoms with Gasteiger partial charge in [0.1, 0.15) is 11.5 Å². The third-order valence-corrected chi connectivity index (χ3v) is 4.59. The molecule has 118 valence electrons. The molecule has 0 atom stereocenters. The predicted octanol–water partition coefficient (Wildman–Crippen LogP) is 4.12. The molecule has 1 saturated carbocycles. The average Bonchev–Trinajstić information content (AvgIpc) is 2.45. The lowest BCUT2D eigenvalue weighted by molar-refractivity contribution is 0.284. The summed E-state index contributed by atoms with van der Waals surface area (Å²) < 4.78 is 11.3. The van der Waals surface area contributed by atoms with Gasteiger partial charge in [-0.1, -0.05) is 40.0 Å². The first-order valence-corrected chi connectivity index (χ1v) is 7.88. The first-order chi connectivity index (χ1) is 9.81. The maximum absolute atomic E-state index is 6.76. The molecule has 1 aliphatic carbocycles. The van der Waals surface area contributed by atoms with Crippen LogP contribution >= 0.6 is 0 Å². The molecule has 0 bridgehead atoms. The number of nitrogens with two attached hydrogens (primary N) is 1. The Kier molecular flexibility index (Phi) is 4.52. The van der Waals surface area contributed by atoms with Gasteiger partial charge in [0.05, 0.1) is 14.2 Å². The summed E-state index contributed by atoms with van der Waals surface area (Å²) in [5.74, 6) is 1.80. The van der Waals surface area contributed by atoms with Crippen molar-refractivity contribution in [1.29, 1.82) is 0 Å². The summed E-state index contributed by atoms with van der Waals surface area (Å²) in [6, 6.07) is 4.15. The summed E-state index contributed by atoms with van der Waals surface area (Å²) in [5.41, 5.74) is 8.72. The van der Waals surface area contributed by atoms with Crippen LogP contribution in [0.2, 0.25) is 0 Å². The second kappa shape index (κ2) is 5.88. The van der Waals surface area contributed by atoms with Crippen molar-refractivity contribution < 1.29 is 9.47 Å². The Morgan fingerprint density at radius 1 is 1.00 bits per heavy atom. The topological polar surface area (TPSA) is 44.5 Å². The monoisotopic (exact) mass is 291 g/mol. The minimum atomic E-state index is -0.294. The smallest absolute Gasteiger partial charge is 0.127 e. The molecule has 3 nitrogen and oxygen atoms in total. The molecule has 0 spiro atoms. The molecule has 3 heteroatoms. The van der Waals surface area contributed by atoms with E-state index in [0.29, 0.717) is 0 Å². The van der Waals surface area contributed by atoms with Gasteiger partial charge in [-0.15, -0.1) is 0 Å². The minimum absolute atomic E-state index is 0.0142. The Hall–Kier alpha value is -1.22. The van der Waals surface area contributed by atoms with E-state index in [-0.39, 0.29) is 11.0 Å². The highest BCUT2D eigenvalue weighted by Gasteiger charge is 2.35. The van der Waals surface area contributed by atoms with Crippen LogP contribution < -0.4 is 15.2 Å². The Balaban J connectivity index is 2.63. The Morgan fingerprint density at radius 3 is 2.10 bits per heavy atom. The fraction of sp³-hybridized carbons (Fsp3) is 0.667. The number of hydrogen-bond donors (Lipinski definition) is 1. The van der Waals surface area contributed by atoms with Crippen LogP contribution in [0.5, 0.6) is 11.5 Å². The van der Waals surface area contributed by atoms with Gasteiger partial charge in [-0.05, 0) is 30.4 Å². The van der Waals surface area contributed by atoms with Crippen molar-refractivity contribution in [2.24, 2.45) is 5.73 Å². The fourth-order valence-electron chi connectivity index (χ4n) is 3.32. The summed E-state index contributed by atoms with van der Waals surface area (Å²) in [6.45, 7) is 6.58. The number of methoxy groups -OCH3 is 2. The summed E-state index contributed by atoms with van der Waals surface area (Å²) in [5, 5.41) is 0. The molecule has 1 aliphatic rings. The molecule has 1 fully saturated rings. The van der Waals surface area contributed by atoms with Gasteiger partial charge in [0.2, 0.25) is 0 Å². The van der Waals surface area contributed by atoms with E-state index in [1.807, 2.05) is 0 Å². The summed E-state index contributed by atoms with van der Waals surface area (Å²) >= 11 is 0. The van der Waals surface area contributed by atoms with Gasteiger partial charge in [0.25, 0.3) is 0 Å². The molecule has 2 rings (SSSR count). The van der Waals surface area contributed by atoms with E-state index in [0.717, 1.165) is 35.5 Å². The summed E-state index contributed by atoms with van der Waals surface area (Å²) in [7, 11) is 3.45. The van der Waals surface area contributed by atoms with Gasteiger partial charge >= 0.3 is 0 Å². The Labute approximate surface area is 128 Å². The van der Waals surface area contributed by atoms with E-state index in [9.17, 15) is 0 Å². The normalized spacial score (nSPS) is 18.4. The van der Waals surface area contributed by atoms with E-state index in [4.69, 9.17) is 15.2 Å². The largest absolute Gasteiger partial charge is 0.497 e. The standard InChI is InChI=1S/C18H29NO2/c1-17(2,3)14-11-13(20-4)12-15(16(14)21-5)18(19)9-7-6-8-10-18/h11-12H,6-10,19H2,1-5H3. The molecule has 1 aromatic carbocycles. The highest BCUT2D eigenvalue weighted by molar-refractivity contribution is 5.53. The van der Waals surface area contributed by atoms with Crippen LogP contribution in [-0.2, 0) is 11.0 Å². The first-order valence-electron chi connectivity index (χ1n) is 7.88. The minimum Gasteiger partial charge on any atom is -0.497 e. The Bertz CT molecular complexity index is 497. The SMILES string of the molecule is COc1cc(C(C)(C)C)c(OC)c(C2(N)CCCCC2)c1. The lowest BCUT2D eigenvalue weighted by Gasteiger charge is -2.37. The van der Waals surface area contributed by atoms with Crippen molar-refractivity contribution >= 4 is 0 Å². The van der Waals surface area contributed by atoms with Crippen LogP contribution in [0.25, 0.3) is 0 Å². The molecule has 0 heterocycles. The maximum atomic E-state index is 6.76. The number of rotatable bonds is 3. The third-order valence-electron chi connectivity index (χ3n) is 4.59. The van der Waals surface area contributed by atoms with E-state index in [1.54, 1.807) is 14.2 Å². The van der Waals surface area contributed by atoms with Crippen molar-refractivity contribution in [2.75, 3.05) is 14.2 Å². The first kappa shape index (κ1) is 16.2. The third kappa shape index (κ3) is 3.18. The molecule has 0 aliphatic heterocycles. The zero-order chi connectivity index (χ0) is 15.7. The van der Waals surface area contributed by atoms with Crippen molar-refractivity contribution in [3.05, 3.63) is 23.3 Å². The zero-order valence-electron chi connectivity index (χ0n) is 14.1. The molecule has 0 aromatic heterocycles. The summed E-state index contributed by atoms with van der Waals surface area (Å²) in [6.07, 6.45) is 5.67. The van der Waals surface area contributed by atoms with Crippen LogP contribution in [0, 0.1) is 0 Å². The number of hydrogen-bond acceptors (Lipinski definition) is 3. The van der Waals surface area contributed by atoms with Gasteiger partial charge in [-0.25, -0.2) is 0 Å². The van der Waals surface area contributed by atoms with Gasteiger partial charge in [-0.2, -0.15) is 0 Å².